The zero-order valence-corrected chi connectivity index (χ0v) is 11.0. The van der Waals surface area contributed by atoms with E-state index in [0.717, 1.165) is 25.7 Å². The summed E-state index contributed by atoms with van der Waals surface area (Å²) in [6.45, 7) is 4.65. The summed E-state index contributed by atoms with van der Waals surface area (Å²) in [6, 6.07) is 0. The minimum absolute atomic E-state index is 0.117. The number of carbonyl (C=O) groups is 1. The van der Waals surface area contributed by atoms with Gasteiger partial charge in [0, 0.05) is 12.5 Å². The van der Waals surface area contributed by atoms with E-state index in [1.807, 2.05) is 6.92 Å². The average molecular weight is 252 g/mol. The summed E-state index contributed by atoms with van der Waals surface area (Å²) >= 11 is 0. The predicted molar refractivity (Wildman–Crippen MR) is 65.0 cm³/mol. The lowest BCUT2D eigenvalue weighted by Crippen LogP contribution is -2.07. The summed E-state index contributed by atoms with van der Waals surface area (Å²) in [6.07, 6.45) is 4.03. The number of ketones is 1. The zero-order valence-electron chi connectivity index (χ0n) is 11.0. The second-order valence-electron chi connectivity index (χ2n) is 4.70. The van der Waals surface area contributed by atoms with Gasteiger partial charge in [0.25, 0.3) is 0 Å². The first-order chi connectivity index (χ1) is 8.74. The van der Waals surface area contributed by atoms with Crippen LogP contribution in [0.4, 0.5) is 0 Å². The summed E-state index contributed by atoms with van der Waals surface area (Å²) in [5, 5.41) is 3.92. The van der Waals surface area contributed by atoms with Crippen molar-refractivity contribution in [1.29, 1.82) is 0 Å². The molecule has 0 aromatic carbocycles. The molecule has 5 heteroatoms. The molecular formula is C13H20N2O3. The van der Waals surface area contributed by atoms with Crippen LogP contribution in [0.3, 0.4) is 0 Å². The molecule has 0 spiro atoms. The third kappa shape index (κ3) is 3.38. The highest BCUT2D eigenvalue weighted by Gasteiger charge is 2.30. The molecule has 2 rings (SSSR count). The monoisotopic (exact) mass is 252 g/mol. The summed E-state index contributed by atoms with van der Waals surface area (Å²) in [5.41, 5.74) is 0. The van der Waals surface area contributed by atoms with Gasteiger partial charge in [0.15, 0.2) is 0 Å². The van der Waals surface area contributed by atoms with Crippen molar-refractivity contribution < 1.29 is 14.1 Å². The highest BCUT2D eigenvalue weighted by Crippen LogP contribution is 2.31. The van der Waals surface area contributed by atoms with Gasteiger partial charge in [-0.3, -0.25) is 4.79 Å². The number of aromatic nitrogens is 2. The normalized spacial score (nSPS) is 16.8. The maximum atomic E-state index is 11.6. The minimum atomic E-state index is -0.117. The van der Waals surface area contributed by atoms with E-state index in [2.05, 4.69) is 17.1 Å². The zero-order chi connectivity index (χ0) is 13.0. The molecule has 1 aromatic heterocycles. The predicted octanol–water partition coefficient (Wildman–Crippen LogP) is 2.47. The quantitative estimate of drug-likeness (QED) is 0.711. The minimum Gasteiger partial charge on any atom is -0.370 e. The summed E-state index contributed by atoms with van der Waals surface area (Å²) in [5.74, 6) is 1.44. The molecule has 1 aliphatic rings. The Bertz CT molecular complexity index is 393. The summed E-state index contributed by atoms with van der Waals surface area (Å²) < 4.78 is 10.7. The fourth-order valence-corrected chi connectivity index (χ4v) is 1.92. The molecule has 0 aliphatic heterocycles. The molecule has 1 heterocycles. The molecule has 0 radical (unpaired) electrons. The first-order valence-corrected chi connectivity index (χ1v) is 6.71. The van der Waals surface area contributed by atoms with Gasteiger partial charge in [0.2, 0.25) is 11.7 Å². The molecule has 1 aliphatic carbocycles. The molecule has 5 nitrogen and oxygen atoms in total. The smallest absolute Gasteiger partial charge is 0.234 e. The van der Waals surface area contributed by atoms with Crippen LogP contribution >= 0.6 is 0 Å². The van der Waals surface area contributed by atoms with Gasteiger partial charge in [0.05, 0.1) is 6.42 Å². The van der Waals surface area contributed by atoms with Crippen molar-refractivity contribution in [2.45, 2.75) is 52.1 Å². The number of rotatable bonds is 8. The lowest BCUT2D eigenvalue weighted by atomic mass is 10.2. The van der Waals surface area contributed by atoms with E-state index in [9.17, 15) is 4.79 Å². The number of ether oxygens (including phenoxy) is 1. The van der Waals surface area contributed by atoms with Gasteiger partial charge in [-0.05, 0) is 26.2 Å². The van der Waals surface area contributed by atoms with Crippen LogP contribution in [0.5, 0.6) is 0 Å². The molecular weight excluding hydrogens is 232 g/mol. The maximum absolute atomic E-state index is 11.6. The van der Waals surface area contributed by atoms with Crippen LogP contribution < -0.4 is 0 Å². The number of nitrogens with zero attached hydrogens (tertiary/aromatic N) is 2. The lowest BCUT2D eigenvalue weighted by molar-refractivity contribution is -0.119. The molecule has 1 saturated carbocycles. The van der Waals surface area contributed by atoms with Crippen LogP contribution in [0.15, 0.2) is 4.52 Å². The van der Waals surface area contributed by atoms with E-state index in [1.165, 1.54) is 0 Å². The molecule has 0 saturated heterocycles. The van der Waals surface area contributed by atoms with E-state index < -0.39 is 0 Å². The van der Waals surface area contributed by atoms with Crippen molar-refractivity contribution in [3.8, 4) is 0 Å². The SMILES string of the molecule is CCCC(OCC)c1noc(CC(=O)C2CC2)n1. The maximum Gasteiger partial charge on any atom is 0.234 e. The first-order valence-electron chi connectivity index (χ1n) is 6.71. The van der Waals surface area contributed by atoms with Gasteiger partial charge < -0.3 is 9.26 Å². The molecule has 0 amide bonds. The van der Waals surface area contributed by atoms with Crippen LogP contribution in [0.25, 0.3) is 0 Å². The third-order valence-electron chi connectivity index (χ3n) is 3.05. The van der Waals surface area contributed by atoms with Crippen molar-refractivity contribution in [1.82, 2.24) is 10.1 Å². The van der Waals surface area contributed by atoms with Gasteiger partial charge in [-0.2, -0.15) is 4.98 Å². The van der Waals surface area contributed by atoms with Gasteiger partial charge in [0.1, 0.15) is 11.9 Å². The Balaban J connectivity index is 1.96. The second-order valence-corrected chi connectivity index (χ2v) is 4.70. The Morgan fingerprint density at radius 2 is 2.28 bits per heavy atom. The highest BCUT2D eigenvalue weighted by molar-refractivity contribution is 5.84. The molecule has 18 heavy (non-hydrogen) atoms. The fraction of sp³-hybridized carbons (Fsp3) is 0.769. The van der Waals surface area contributed by atoms with Crippen LogP contribution in [0.1, 0.15) is 57.3 Å². The number of hydrogen-bond acceptors (Lipinski definition) is 5. The molecule has 0 N–H and O–H groups in total. The van der Waals surface area contributed by atoms with Crippen molar-refractivity contribution in [3.05, 3.63) is 11.7 Å². The lowest BCUT2D eigenvalue weighted by Gasteiger charge is -2.11. The largest absolute Gasteiger partial charge is 0.370 e. The first kappa shape index (κ1) is 13.2. The van der Waals surface area contributed by atoms with Crippen LogP contribution in [-0.4, -0.2) is 22.5 Å². The Hall–Kier alpha value is -1.23. The molecule has 1 aromatic rings. The van der Waals surface area contributed by atoms with Crippen molar-refractivity contribution in [2.75, 3.05) is 6.61 Å². The molecule has 1 fully saturated rings. The van der Waals surface area contributed by atoms with Gasteiger partial charge >= 0.3 is 0 Å². The van der Waals surface area contributed by atoms with Crippen LogP contribution in [0.2, 0.25) is 0 Å². The van der Waals surface area contributed by atoms with E-state index in [1.54, 1.807) is 0 Å². The topological polar surface area (TPSA) is 65.2 Å². The molecule has 1 unspecified atom stereocenters. The molecule has 0 bridgehead atoms. The van der Waals surface area contributed by atoms with Crippen molar-refractivity contribution in [3.63, 3.8) is 0 Å². The van der Waals surface area contributed by atoms with E-state index in [0.29, 0.717) is 18.3 Å². The van der Waals surface area contributed by atoms with Crippen LogP contribution in [0, 0.1) is 5.92 Å². The molecule has 1 atom stereocenters. The summed E-state index contributed by atoms with van der Waals surface area (Å²) in [4.78, 5) is 15.9. The Morgan fingerprint density at radius 1 is 1.50 bits per heavy atom. The van der Waals surface area contributed by atoms with Crippen LogP contribution in [-0.2, 0) is 16.0 Å². The average Bonchev–Trinajstić information content (AvgIpc) is 3.11. The third-order valence-corrected chi connectivity index (χ3v) is 3.05. The van der Waals surface area contributed by atoms with Crippen molar-refractivity contribution >= 4 is 5.78 Å². The standard InChI is InChI=1S/C13H20N2O3/c1-3-5-11(17-4-2)13-14-12(18-15-13)8-10(16)9-6-7-9/h9,11H,3-8H2,1-2H3. The second kappa shape index (κ2) is 6.09. The van der Waals surface area contributed by atoms with E-state index in [-0.39, 0.29) is 24.2 Å². The van der Waals surface area contributed by atoms with Gasteiger partial charge in [-0.1, -0.05) is 18.5 Å². The van der Waals surface area contributed by atoms with Gasteiger partial charge in [-0.15, -0.1) is 0 Å². The number of carbonyl (C=O) groups excluding carboxylic acids is 1. The number of Topliss-reactive ketones (excluding diaryl/α,β-unsaturated/α-hetero) is 1. The Kier molecular flexibility index (Phi) is 4.47. The Morgan fingerprint density at radius 3 is 2.89 bits per heavy atom. The highest BCUT2D eigenvalue weighted by atomic mass is 16.5. The summed E-state index contributed by atoms with van der Waals surface area (Å²) in [7, 11) is 0. The number of hydrogen-bond donors (Lipinski definition) is 0. The van der Waals surface area contributed by atoms with E-state index >= 15 is 0 Å². The van der Waals surface area contributed by atoms with E-state index in [4.69, 9.17) is 9.26 Å². The van der Waals surface area contributed by atoms with Crippen molar-refractivity contribution in [2.24, 2.45) is 5.92 Å². The fourth-order valence-electron chi connectivity index (χ4n) is 1.92. The molecule has 100 valence electrons. The van der Waals surface area contributed by atoms with Gasteiger partial charge in [-0.25, -0.2) is 0 Å². The Labute approximate surface area is 107 Å².